The lowest BCUT2D eigenvalue weighted by molar-refractivity contribution is -0.139. The summed E-state index contributed by atoms with van der Waals surface area (Å²) in [6.45, 7) is 6.31. The van der Waals surface area contributed by atoms with Crippen LogP contribution in [-0.2, 0) is 4.79 Å². The van der Waals surface area contributed by atoms with E-state index < -0.39 is 5.97 Å². The molecule has 4 aromatic rings. The Labute approximate surface area is 202 Å². The third-order valence-electron chi connectivity index (χ3n) is 5.41. The Hall–Kier alpha value is -3.45. The first kappa shape index (κ1) is 23.7. The van der Waals surface area contributed by atoms with E-state index in [0.717, 1.165) is 45.0 Å². The number of carboxylic acids is 1. The minimum absolute atomic E-state index is 0.336. The number of aryl methyl sites for hydroxylation is 3. The zero-order valence-corrected chi connectivity index (χ0v) is 20.3. The number of aliphatic carboxylic acids is 1. The highest BCUT2D eigenvalue weighted by atomic mass is 32.2. The Kier molecular flexibility index (Phi) is 7.43. The SMILES string of the molecule is Cc1cc2nc(-c3cccc(OCCCSc4ccc(OCC(=O)O)c(C)c4)c3)oc2cc1C. The van der Waals surface area contributed by atoms with Gasteiger partial charge in [0.15, 0.2) is 12.2 Å². The van der Waals surface area contributed by atoms with Crippen LogP contribution in [0, 0.1) is 20.8 Å². The standard InChI is InChI=1S/C27H27NO5S/c1-17-13-23-25(14-18(17)2)33-27(28-23)20-6-4-7-21(15-20)31-10-5-11-34-22-8-9-24(19(3)12-22)32-16-26(29)30/h4,6-9,12-15H,5,10-11,16H2,1-3H3,(H,29,30). The predicted molar refractivity (Wildman–Crippen MR) is 134 cm³/mol. The predicted octanol–water partition coefficient (Wildman–Crippen LogP) is 6.44. The van der Waals surface area contributed by atoms with Crippen LogP contribution in [0.5, 0.6) is 11.5 Å². The van der Waals surface area contributed by atoms with Crippen molar-refractivity contribution in [3.63, 3.8) is 0 Å². The van der Waals surface area contributed by atoms with Crippen molar-refractivity contribution in [2.45, 2.75) is 32.1 Å². The van der Waals surface area contributed by atoms with E-state index in [4.69, 9.17) is 19.0 Å². The van der Waals surface area contributed by atoms with E-state index in [1.807, 2.05) is 61.5 Å². The summed E-state index contributed by atoms with van der Waals surface area (Å²) in [5, 5.41) is 8.74. The topological polar surface area (TPSA) is 81.8 Å². The van der Waals surface area contributed by atoms with Crippen molar-refractivity contribution in [2.75, 3.05) is 19.0 Å². The van der Waals surface area contributed by atoms with E-state index in [1.54, 1.807) is 11.8 Å². The number of thioether (sulfide) groups is 1. The number of carbonyl (C=O) groups is 1. The molecule has 0 saturated heterocycles. The van der Waals surface area contributed by atoms with Gasteiger partial charge < -0.3 is 19.0 Å². The number of nitrogens with zero attached hydrogens (tertiary/aromatic N) is 1. The summed E-state index contributed by atoms with van der Waals surface area (Å²) in [6.07, 6.45) is 0.882. The fourth-order valence-corrected chi connectivity index (χ4v) is 4.40. The number of oxazole rings is 1. The number of carboxylic acid groups (broad SMARTS) is 1. The van der Waals surface area contributed by atoms with E-state index in [9.17, 15) is 4.79 Å². The molecule has 0 bridgehead atoms. The van der Waals surface area contributed by atoms with E-state index in [2.05, 4.69) is 18.8 Å². The average molecular weight is 478 g/mol. The molecule has 34 heavy (non-hydrogen) atoms. The summed E-state index contributed by atoms with van der Waals surface area (Å²) < 4.78 is 17.2. The highest BCUT2D eigenvalue weighted by Gasteiger charge is 2.11. The Morgan fingerprint density at radius 3 is 2.62 bits per heavy atom. The summed E-state index contributed by atoms with van der Waals surface area (Å²) in [5.74, 6) is 1.89. The Balaban J connectivity index is 1.28. The maximum atomic E-state index is 10.7. The van der Waals surface area contributed by atoms with Crippen molar-refractivity contribution < 1.29 is 23.8 Å². The molecule has 0 atom stereocenters. The summed E-state index contributed by atoms with van der Waals surface area (Å²) in [7, 11) is 0. The van der Waals surface area contributed by atoms with Crippen LogP contribution in [0.3, 0.4) is 0 Å². The van der Waals surface area contributed by atoms with E-state index in [0.29, 0.717) is 18.2 Å². The smallest absolute Gasteiger partial charge is 0.341 e. The molecular formula is C27H27NO5S. The first-order valence-electron chi connectivity index (χ1n) is 11.1. The molecule has 0 aliphatic rings. The zero-order valence-electron chi connectivity index (χ0n) is 19.5. The highest BCUT2D eigenvalue weighted by molar-refractivity contribution is 7.99. The van der Waals surface area contributed by atoms with Gasteiger partial charge in [0.05, 0.1) is 6.61 Å². The Morgan fingerprint density at radius 1 is 1.00 bits per heavy atom. The molecule has 4 rings (SSSR count). The monoisotopic (exact) mass is 477 g/mol. The largest absolute Gasteiger partial charge is 0.494 e. The van der Waals surface area contributed by atoms with Gasteiger partial charge in [0, 0.05) is 16.2 Å². The van der Waals surface area contributed by atoms with Crippen molar-refractivity contribution >= 4 is 28.8 Å². The first-order valence-corrected chi connectivity index (χ1v) is 12.1. The molecule has 1 aromatic heterocycles. The van der Waals surface area contributed by atoms with E-state index in [-0.39, 0.29) is 6.61 Å². The van der Waals surface area contributed by atoms with Crippen molar-refractivity contribution in [3.05, 3.63) is 71.3 Å². The molecule has 0 radical (unpaired) electrons. The Morgan fingerprint density at radius 2 is 1.82 bits per heavy atom. The summed E-state index contributed by atoms with van der Waals surface area (Å²) >= 11 is 1.73. The van der Waals surface area contributed by atoms with Crippen LogP contribution in [0.15, 0.2) is 63.9 Å². The number of benzene rings is 3. The fraction of sp³-hybridized carbons (Fsp3) is 0.259. The first-order chi connectivity index (χ1) is 16.4. The van der Waals surface area contributed by atoms with Crippen LogP contribution in [-0.4, -0.2) is 35.0 Å². The number of ether oxygens (including phenoxy) is 2. The highest BCUT2D eigenvalue weighted by Crippen LogP contribution is 2.29. The van der Waals surface area contributed by atoms with E-state index in [1.165, 1.54) is 11.1 Å². The second kappa shape index (κ2) is 10.7. The lowest BCUT2D eigenvalue weighted by atomic mass is 10.1. The van der Waals surface area contributed by atoms with Gasteiger partial charge in [-0.15, -0.1) is 11.8 Å². The second-order valence-electron chi connectivity index (χ2n) is 8.11. The minimum Gasteiger partial charge on any atom is -0.494 e. The average Bonchev–Trinajstić information content (AvgIpc) is 3.21. The molecule has 1 heterocycles. The molecule has 0 spiro atoms. The maximum Gasteiger partial charge on any atom is 0.341 e. The van der Waals surface area contributed by atoms with Gasteiger partial charge in [0.25, 0.3) is 0 Å². The van der Waals surface area contributed by atoms with E-state index >= 15 is 0 Å². The number of hydrogen-bond acceptors (Lipinski definition) is 6. The molecule has 0 saturated carbocycles. The van der Waals surface area contributed by atoms with Crippen LogP contribution >= 0.6 is 11.8 Å². The van der Waals surface area contributed by atoms with Crippen molar-refractivity contribution in [3.8, 4) is 23.0 Å². The van der Waals surface area contributed by atoms with Gasteiger partial charge >= 0.3 is 5.97 Å². The van der Waals surface area contributed by atoms with Crippen LogP contribution in [0.4, 0.5) is 0 Å². The minimum atomic E-state index is -0.984. The molecule has 0 amide bonds. The summed E-state index contributed by atoms with van der Waals surface area (Å²) in [4.78, 5) is 16.4. The van der Waals surface area contributed by atoms with Crippen LogP contribution in [0.1, 0.15) is 23.1 Å². The number of hydrogen-bond donors (Lipinski definition) is 1. The van der Waals surface area contributed by atoms with Crippen molar-refractivity contribution in [1.29, 1.82) is 0 Å². The van der Waals surface area contributed by atoms with Gasteiger partial charge in [0.1, 0.15) is 17.0 Å². The van der Waals surface area contributed by atoms with Gasteiger partial charge in [0.2, 0.25) is 5.89 Å². The molecule has 0 aliphatic heterocycles. The molecule has 6 nitrogen and oxygen atoms in total. The second-order valence-corrected chi connectivity index (χ2v) is 9.28. The van der Waals surface area contributed by atoms with Crippen LogP contribution in [0.25, 0.3) is 22.6 Å². The molecular weight excluding hydrogens is 450 g/mol. The third-order valence-corrected chi connectivity index (χ3v) is 6.49. The third kappa shape index (κ3) is 5.91. The molecule has 0 fully saturated rings. The van der Waals surface area contributed by atoms with Gasteiger partial charge in [-0.3, -0.25) is 0 Å². The van der Waals surface area contributed by atoms with Gasteiger partial charge in [-0.25, -0.2) is 9.78 Å². The van der Waals surface area contributed by atoms with Gasteiger partial charge in [-0.05, 0) is 92.4 Å². The van der Waals surface area contributed by atoms with Crippen LogP contribution < -0.4 is 9.47 Å². The molecule has 7 heteroatoms. The molecule has 176 valence electrons. The molecule has 0 unspecified atom stereocenters. The molecule has 3 aromatic carbocycles. The molecule has 0 aliphatic carbocycles. The van der Waals surface area contributed by atoms with Crippen molar-refractivity contribution in [2.24, 2.45) is 0 Å². The lowest BCUT2D eigenvalue weighted by Gasteiger charge is -2.09. The number of rotatable bonds is 10. The quantitative estimate of drug-likeness (QED) is 0.208. The van der Waals surface area contributed by atoms with Crippen molar-refractivity contribution in [1.82, 2.24) is 4.98 Å². The van der Waals surface area contributed by atoms with Gasteiger partial charge in [-0.2, -0.15) is 0 Å². The maximum absolute atomic E-state index is 10.7. The number of aromatic nitrogens is 1. The fourth-order valence-electron chi connectivity index (χ4n) is 3.47. The number of fused-ring (bicyclic) bond motifs is 1. The van der Waals surface area contributed by atoms with Crippen LogP contribution in [0.2, 0.25) is 0 Å². The summed E-state index contributed by atoms with van der Waals surface area (Å²) in [5.41, 5.74) is 5.84. The normalized spacial score (nSPS) is 11.0. The Bertz CT molecular complexity index is 1270. The zero-order chi connectivity index (χ0) is 24.1. The molecule has 1 N–H and O–H groups in total. The summed E-state index contributed by atoms with van der Waals surface area (Å²) in [6, 6.07) is 17.7. The van der Waals surface area contributed by atoms with Gasteiger partial charge in [-0.1, -0.05) is 6.07 Å². The lowest BCUT2D eigenvalue weighted by Crippen LogP contribution is -2.10.